The molecule has 0 saturated carbocycles. The lowest BCUT2D eigenvalue weighted by molar-refractivity contribution is 0.252. The molecule has 0 spiro atoms. The van der Waals surface area contributed by atoms with Crippen LogP contribution < -0.4 is 10.7 Å². The van der Waals surface area contributed by atoms with E-state index in [0.29, 0.717) is 10.8 Å². The first kappa shape index (κ1) is 19.1. The lowest BCUT2D eigenvalue weighted by Crippen LogP contribution is -2.24. The van der Waals surface area contributed by atoms with E-state index in [9.17, 15) is 4.79 Å². The number of hydrogen-bond acceptors (Lipinski definition) is 4. The van der Waals surface area contributed by atoms with Crippen molar-refractivity contribution >= 4 is 41.3 Å². The van der Waals surface area contributed by atoms with Crippen LogP contribution >= 0.6 is 23.4 Å². The molecule has 0 aliphatic heterocycles. The number of hydrazone groups is 1. The van der Waals surface area contributed by atoms with E-state index in [2.05, 4.69) is 15.8 Å². The third-order valence-electron chi connectivity index (χ3n) is 3.84. The number of furan rings is 1. The van der Waals surface area contributed by atoms with Gasteiger partial charge in [-0.2, -0.15) is 5.10 Å². The second kappa shape index (κ2) is 8.79. The summed E-state index contributed by atoms with van der Waals surface area (Å²) < 4.78 is 5.66. The Labute approximate surface area is 166 Å². The highest BCUT2D eigenvalue weighted by molar-refractivity contribution is 7.99. The maximum atomic E-state index is 12.0. The Kier molecular flexibility index (Phi) is 6.21. The molecule has 0 bridgehead atoms. The lowest BCUT2D eigenvalue weighted by Gasteiger charge is -2.09. The number of nitrogens with one attached hydrogen (secondary N) is 2. The molecule has 5 nitrogen and oxygen atoms in total. The second-order valence-electron chi connectivity index (χ2n) is 5.78. The quantitative estimate of drug-likeness (QED) is 0.417. The van der Waals surface area contributed by atoms with Gasteiger partial charge < -0.3 is 9.73 Å². The van der Waals surface area contributed by atoms with Crippen LogP contribution in [-0.4, -0.2) is 12.2 Å². The average Bonchev–Trinajstić information content (AvgIpc) is 3.08. The van der Waals surface area contributed by atoms with Crippen LogP contribution in [-0.2, 0) is 0 Å². The van der Waals surface area contributed by atoms with Gasteiger partial charge in [-0.3, -0.25) is 0 Å². The van der Waals surface area contributed by atoms with Gasteiger partial charge in [0.05, 0.1) is 6.21 Å². The van der Waals surface area contributed by atoms with E-state index in [1.807, 2.05) is 62.4 Å². The second-order valence-corrected chi connectivity index (χ2v) is 7.30. The number of halogens is 1. The number of benzene rings is 2. The summed E-state index contributed by atoms with van der Waals surface area (Å²) in [7, 11) is 0. The van der Waals surface area contributed by atoms with Crippen LogP contribution in [0.15, 0.2) is 74.1 Å². The van der Waals surface area contributed by atoms with E-state index >= 15 is 0 Å². The predicted molar refractivity (Wildman–Crippen MR) is 110 cm³/mol. The normalized spacial score (nSPS) is 10.9. The van der Waals surface area contributed by atoms with Crippen LogP contribution in [0, 0.1) is 13.8 Å². The summed E-state index contributed by atoms with van der Waals surface area (Å²) in [6.45, 7) is 3.95. The minimum atomic E-state index is -0.415. The van der Waals surface area contributed by atoms with Gasteiger partial charge in [-0.15, -0.1) is 0 Å². The Balaban J connectivity index is 1.54. The van der Waals surface area contributed by atoms with Crippen molar-refractivity contribution in [1.82, 2.24) is 5.43 Å². The molecule has 27 heavy (non-hydrogen) atoms. The van der Waals surface area contributed by atoms with E-state index in [-0.39, 0.29) is 0 Å². The van der Waals surface area contributed by atoms with Gasteiger partial charge in [-0.25, -0.2) is 10.2 Å². The van der Waals surface area contributed by atoms with E-state index in [1.54, 1.807) is 6.07 Å². The zero-order valence-corrected chi connectivity index (χ0v) is 16.4. The van der Waals surface area contributed by atoms with Crippen LogP contribution in [0.1, 0.15) is 16.9 Å². The van der Waals surface area contributed by atoms with Crippen molar-refractivity contribution < 1.29 is 9.21 Å². The highest BCUT2D eigenvalue weighted by Crippen LogP contribution is 2.29. The largest absolute Gasteiger partial charge is 0.448 e. The Bertz CT molecular complexity index is 968. The van der Waals surface area contributed by atoms with Crippen molar-refractivity contribution in [3.63, 3.8) is 0 Å². The van der Waals surface area contributed by atoms with Gasteiger partial charge in [0.15, 0.2) is 5.09 Å². The van der Waals surface area contributed by atoms with Gasteiger partial charge in [0, 0.05) is 15.6 Å². The fourth-order valence-corrected chi connectivity index (χ4v) is 3.17. The highest BCUT2D eigenvalue weighted by atomic mass is 35.5. The molecule has 2 aromatic carbocycles. The van der Waals surface area contributed by atoms with Crippen molar-refractivity contribution in [2.45, 2.75) is 23.8 Å². The van der Waals surface area contributed by atoms with Crippen LogP contribution in [0.3, 0.4) is 0 Å². The Morgan fingerprint density at radius 3 is 2.67 bits per heavy atom. The number of hydrogen-bond donors (Lipinski definition) is 2. The number of anilines is 1. The number of amides is 2. The average molecular weight is 400 g/mol. The Morgan fingerprint density at radius 1 is 1.11 bits per heavy atom. The lowest BCUT2D eigenvalue weighted by atomic mass is 10.1. The molecule has 2 amide bonds. The third-order valence-corrected chi connectivity index (χ3v) is 5.03. The fraction of sp³-hybridized carbons (Fsp3) is 0.100. The predicted octanol–water partition coefficient (Wildman–Crippen LogP) is 5.86. The van der Waals surface area contributed by atoms with E-state index in [1.165, 1.54) is 18.0 Å². The number of nitrogens with zero attached hydrogens (tertiary/aromatic N) is 1. The molecule has 0 radical (unpaired) electrons. The standard InChI is InChI=1S/C20H18ClN3O2S/c1-13-4-3-5-18(14(13)2)23-20(25)24-22-12-16-8-11-19(26-16)27-17-9-6-15(21)7-10-17/h3-12H,1-2H3,(H2,23,24,25)/b22-12+. The molecule has 138 valence electrons. The summed E-state index contributed by atoms with van der Waals surface area (Å²) >= 11 is 7.35. The van der Waals surface area contributed by atoms with Crippen LogP contribution in [0.4, 0.5) is 10.5 Å². The van der Waals surface area contributed by atoms with Crippen molar-refractivity contribution in [2.75, 3.05) is 5.32 Å². The molecule has 1 aromatic heterocycles. The SMILES string of the molecule is Cc1cccc(NC(=O)N/N=C/c2ccc(Sc3ccc(Cl)cc3)o2)c1C. The van der Waals surface area contributed by atoms with Crippen molar-refractivity contribution in [2.24, 2.45) is 5.10 Å². The molecule has 0 atom stereocenters. The number of carbonyl (C=O) groups excluding carboxylic acids is 1. The minimum Gasteiger partial charge on any atom is -0.448 e. The number of rotatable bonds is 5. The van der Waals surface area contributed by atoms with Gasteiger partial charge in [0.2, 0.25) is 0 Å². The molecule has 3 aromatic rings. The molecule has 3 rings (SSSR count). The summed E-state index contributed by atoms with van der Waals surface area (Å²) in [4.78, 5) is 13.0. The number of carbonyl (C=O) groups is 1. The molecule has 0 aliphatic carbocycles. The van der Waals surface area contributed by atoms with Crippen LogP contribution in [0.2, 0.25) is 5.02 Å². The van der Waals surface area contributed by atoms with Crippen molar-refractivity contribution in [1.29, 1.82) is 0 Å². The third kappa shape index (κ3) is 5.39. The highest BCUT2D eigenvalue weighted by Gasteiger charge is 2.05. The number of aryl methyl sites for hydroxylation is 1. The Morgan fingerprint density at radius 2 is 1.89 bits per heavy atom. The fourth-order valence-electron chi connectivity index (χ4n) is 2.27. The van der Waals surface area contributed by atoms with Gasteiger partial charge in [0.25, 0.3) is 0 Å². The zero-order chi connectivity index (χ0) is 19.2. The van der Waals surface area contributed by atoms with Crippen molar-refractivity contribution in [3.05, 3.63) is 76.5 Å². The summed E-state index contributed by atoms with van der Waals surface area (Å²) in [6.07, 6.45) is 1.45. The summed E-state index contributed by atoms with van der Waals surface area (Å²) in [5.41, 5.74) is 5.31. The molecule has 0 saturated heterocycles. The van der Waals surface area contributed by atoms with E-state index in [0.717, 1.165) is 26.8 Å². The maximum Gasteiger partial charge on any atom is 0.339 e. The van der Waals surface area contributed by atoms with Crippen LogP contribution in [0.5, 0.6) is 0 Å². The first-order chi connectivity index (χ1) is 13.0. The molecule has 7 heteroatoms. The molecular weight excluding hydrogens is 382 g/mol. The summed E-state index contributed by atoms with van der Waals surface area (Å²) in [5, 5.41) is 8.10. The van der Waals surface area contributed by atoms with Crippen molar-refractivity contribution in [3.8, 4) is 0 Å². The zero-order valence-electron chi connectivity index (χ0n) is 14.8. The Hall–Kier alpha value is -2.70. The monoisotopic (exact) mass is 399 g/mol. The topological polar surface area (TPSA) is 66.6 Å². The molecule has 0 fully saturated rings. The van der Waals surface area contributed by atoms with Gasteiger partial charge in [0.1, 0.15) is 5.76 Å². The van der Waals surface area contributed by atoms with Crippen LogP contribution in [0.25, 0.3) is 0 Å². The van der Waals surface area contributed by atoms with Gasteiger partial charge >= 0.3 is 6.03 Å². The van der Waals surface area contributed by atoms with Gasteiger partial charge in [-0.1, -0.05) is 35.5 Å². The van der Waals surface area contributed by atoms with E-state index in [4.69, 9.17) is 16.0 Å². The molecule has 0 unspecified atom stereocenters. The first-order valence-corrected chi connectivity index (χ1v) is 9.40. The number of urea groups is 1. The smallest absolute Gasteiger partial charge is 0.339 e. The summed E-state index contributed by atoms with van der Waals surface area (Å²) in [6, 6.07) is 16.4. The maximum absolute atomic E-state index is 12.0. The minimum absolute atomic E-state index is 0.415. The molecule has 1 heterocycles. The molecule has 2 N–H and O–H groups in total. The first-order valence-electron chi connectivity index (χ1n) is 8.21. The summed E-state index contributed by atoms with van der Waals surface area (Å²) in [5.74, 6) is 0.540. The van der Waals surface area contributed by atoms with Gasteiger partial charge in [-0.05, 0) is 67.4 Å². The van der Waals surface area contributed by atoms with E-state index < -0.39 is 6.03 Å². The molecular formula is C20H18ClN3O2S. The molecule has 0 aliphatic rings.